The molecule has 0 unspecified atom stereocenters. The van der Waals surface area contributed by atoms with E-state index < -0.39 is 28.5 Å². The molecule has 230 valence electrons. The molecule has 0 aliphatic heterocycles. The number of carbonyl (C=O) groups is 2. The van der Waals surface area contributed by atoms with Crippen molar-refractivity contribution in [2.45, 2.75) is 44.7 Å². The SMILES string of the molecule is CCNC(=O)[C@@H](Cc1ccccc1)N(Cc1cccc(Cl)c1)C(=O)CN(c1ccc(C)c(Cl)c1)S(=O)(=O)c1ccc(C)cc1. The van der Waals surface area contributed by atoms with E-state index in [1.165, 1.54) is 23.1 Å². The summed E-state index contributed by atoms with van der Waals surface area (Å²) in [4.78, 5) is 29.4. The summed E-state index contributed by atoms with van der Waals surface area (Å²) in [6.45, 7) is 5.29. The molecule has 1 N–H and O–H groups in total. The molecule has 0 saturated carbocycles. The van der Waals surface area contributed by atoms with Crippen LogP contribution in [0.1, 0.15) is 29.2 Å². The molecule has 0 aliphatic rings. The minimum Gasteiger partial charge on any atom is -0.355 e. The number of hydrogen-bond acceptors (Lipinski definition) is 4. The second-order valence-electron chi connectivity index (χ2n) is 10.5. The van der Waals surface area contributed by atoms with Gasteiger partial charge in [0.2, 0.25) is 11.8 Å². The van der Waals surface area contributed by atoms with Gasteiger partial charge in [-0.3, -0.25) is 13.9 Å². The monoisotopic (exact) mass is 651 g/mol. The molecule has 2 amide bonds. The van der Waals surface area contributed by atoms with Crippen molar-refractivity contribution in [1.82, 2.24) is 10.2 Å². The van der Waals surface area contributed by atoms with Gasteiger partial charge in [0, 0.05) is 29.6 Å². The Balaban J connectivity index is 1.81. The number of hydrogen-bond donors (Lipinski definition) is 1. The Morgan fingerprint density at radius 2 is 1.52 bits per heavy atom. The van der Waals surface area contributed by atoms with Crippen LogP contribution in [0.15, 0.2) is 102 Å². The zero-order valence-electron chi connectivity index (χ0n) is 24.8. The Kier molecular flexibility index (Phi) is 11.1. The van der Waals surface area contributed by atoms with E-state index in [9.17, 15) is 18.0 Å². The Morgan fingerprint density at radius 3 is 2.16 bits per heavy atom. The van der Waals surface area contributed by atoms with Crippen LogP contribution in [0.4, 0.5) is 5.69 Å². The van der Waals surface area contributed by atoms with Gasteiger partial charge in [0.05, 0.1) is 10.6 Å². The van der Waals surface area contributed by atoms with E-state index in [4.69, 9.17) is 23.2 Å². The number of anilines is 1. The second kappa shape index (κ2) is 14.8. The molecule has 10 heteroatoms. The van der Waals surface area contributed by atoms with Crippen LogP contribution in [0.25, 0.3) is 0 Å². The quantitative estimate of drug-likeness (QED) is 0.187. The highest BCUT2D eigenvalue weighted by Gasteiger charge is 2.34. The molecule has 4 aromatic rings. The highest BCUT2D eigenvalue weighted by atomic mass is 35.5. The van der Waals surface area contributed by atoms with Crippen LogP contribution in [0.3, 0.4) is 0 Å². The first-order valence-corrected chi connectivity index (χ1v) is 16.4. The topological polar surface area (TPSA) is 86.8 Å². The fraction of sp³-hybridized carbons (Fsp3) is 0.235. The van der Waals surface area contributed by atoms with Gasteiger partial charge in [-0.25, -0.2) is 8.42 Å². The number of rotatable bonds is 12. The lowest BCUT2D eigenvalue weighted by Crippen LogP contribution is -2.53. The average Bonchev–Trinajstić information content (AvgIpc) is 3.00. The Labute approximate surface area is 269 Å². The molecule has 0 aliphatic carbocycles. The van der Waals surface area contributed by atoms with E-state index >= 15 is 0 Å². The maximum absolute atomic E-state index is 14.4. The van der Waals surface area contributed by atoms with Crippen molar-refractivity contribution in [2.75, 3.05) is 17.4 Å². The summed E-state index contributed by atoms with van der Waals surface area (Å²) in [6.07, 6.45) is 0.222. The van der Waals surface area contributed by atoms with Gasteiger partial charge in [-0.1, -0.05) is 89.4 Å². The third kappa shape index (κ3) is 8.20. The Morgan fingerprint density at radius 1 is 0.841 bits per heavy atom. The summed E-state index contributed by atoms with van der Waals surface area (Å²) in [6, 6.07) is 26.7. The fourth-order valence-corrected chi connectivity index (χ4v) is 6.57. The lowest BCUT2D eigenvalue weighted by Gasteiger charge is -2.34. The summed E-state index contributed by atoms with van der Waals surface area (Å²) in [5.74, 6) is -0.914. The maximum atomic E-state index is 14.4. The van der Waals surface area contributed by atoms with E-state index in [-0.39, 0.29) is 29.5 Å². The Hall–Kier alpha value is -3.85. The van der Waals surface area contributed by atoms with Crippen LogP contribution in [0.5, 0.6) is 0 Å². The highest BCUT2D eigenvalue weighted by Crippen LogP contribution is 2.29. The largest absolute Gasteiger partial charge is 0.355 e. The molecule has 44 heavy (non-hydrogen) atoms. The van der Waals surface area contributed by atoms with Crippen molar-refractivity contribution in [2.24, 2.45) is 0 Å². The average molecular weight is 653 g/mol. The van der Waals surface area contributed by atoms with Gasteiger partial charge in [-0.2, -0.15) is 0 Å². The molecule has 0 bridgehead atoms. The van der Waals surface area contributed by atoms with Gasteiger partial charge in [0.25, 0.3) is 10.0 Å². The van der Waals surface area contributed by atoms with Crippen LogP contribution in [0, 0.1) is 13.8 Å². The zero-order chi connectivity index (χ0) is 31.9. The number of halogens is 2. The number of aryl methyl sites for hydroxylation is 2. The zero-order valence-corrected chi connectivity index (χ0v) is 27.2. The van der Waals surface area contributed by atoms with Crippen molar-refractivity contribution in [3.63, 3.8) is 0 Å². The molecule has 1 atom stereocenters. The van der Waals surface area contributed by atoms with E-state index in [1.54, 1.807) is 49.4 Å². The summed E-state index contributed by atoms with van der Waals surface area (Å²) >= 11 is 12.7. The number of likely N-dealkylation sites (N-methyl/N-ethyl adjacent to an activating group) is 1. The lowest BCUT2D eigenvalue weighted by atomic mass is 10.0. The number of carbonyl (C=O) groups excluding carboxylic acids is 2. The van der Waals surface area contributed by atoms with Gasteiger partial charge in [-0.15, -0.1) is 0 Å². The third-order valence-electron chi connectivity index (χ3n) is 7.20. The second-order valence-corrected chi connectivity index (χ2v) is 13.2. The minimum absolute atomic E-state index is 0.0264. The molecule has 0 heterocycles. The molecule has 0 saturated heterocycles. The van der Waals surface area contributed by atoms with Crippen molar-refractivity contribution in [3.05, 3.63) is 129 Å². The summed E-state index contributed by atoms with van der Waals surface area (Å²) < 4.78 is 29.3. The number of nitrogens with zero attached hydrogens (tertiary/aromatic N) is 2. The third-order valence-corrected chi connectivity index (χ3v) is 9.63. The van der Waals surface area contributed by atoms with Crippen molar-refractivity contribution < 1.29 is 18.0 Å². The van der Waals surface area contributed by atoms with Gasteiger partial charge in [0.1, 0.15) is 12.6 Å². The van der Waals surface area contributed by atoms with Gasteiger partial charge in [-0.05, 0) is 73.9 Å². The summed E-state index contributed by atoms with van der Waals surface area (Å²) in [5, 5.41) is 3.69. The number of amides is 2. The molecule has 4 rings (SSSR count). The fourth-order valence-electron chi connectivity index (χ4n) is 4.78. The van der Waals surface area contributed by atoms with Crippen LogP contribution in [-0.4, -0.2) is 44.3 Å². The number of sulfonamides is 1. The van der Waals surface area contributed by atoms with Gasteiger partial charge < -0.3 is 10.2 Å². The molecular formula is C34H35Cl2N3O4S. The molecule has 0 spiro atoms. The predicted octanol–water partition coefficient (Wildman–Crippen LogP) is 6.58. The lowest BCUT2D eigenvalue weighted by molar-refractivity contribution is -0.140. The van der Waals surface area contributed by atoms with Crippen molar-refractivity contribution >= 4 is 50.7 Å². The molecule has 0 radical (unpaired) electrons. The van der Waals surface area contributed by atoms with Crippen LogP contribution in [0.2, 0.25) is 10.0 Å². The highest BCUT2D eigenvalue weighted by molar-refractivity contribution is 7.92. The first-order valence-electron chi connectivity index (χ1n) is 14.2. The standard InChI is InChI=1S/C34H35Cl2N3O4S/c1-4-37-34(41)32(20-26-9-6-5-7-10-26)38(22-27-11-8-12-28(35)19-27)33(40)23-39(29-16-15-25(3)31(36)21-29)44(42,43)30-17-13-24(2)14-18-30/h5-19,21,32H,4,20,22-23H2,1-3H3,(H,37,41)/t32-/m1/s1. The van der Waals surface area contributed by atoms with E-state index in [1.807, 2.05) is 50.2 Å². The van der Waals surface area contributed by atoms with E-state index in [0.717, 1.165) is 21.0 Å². The van der Waals surface area contributed by atoms with Crippen molar-refractivity contribution in [3.8, 4) is 0 Å². The first-order chi connectivity index (χ1) is 21.0. The van der Waals surface area contributed by atoms with Crippen LogP contribution < -0.4 is 9.62 Å². The van der Waals surface area contributed by atoms with E-state index in [0.29, 0.717) is 22.2 Å². The van der Waals surface area contributed by atoms with Crippen LogP contribution in [-0.2, 0) is 32.6 Å². The number of nitrogens with one attached hydrogen (secondary N) is 1. The first kappa shape index (κ1) is 33.1. The smallest absolute Gasteiger partial charge is 0.264 e. The Bertz CT molecular complexity index is 1710. The van der Waals surface area contributed by atoms with Gasteiger partial charge >= 0.3 is 0 Å². The molecule has 4 aromatic carbocycles. The minimum atomic E-state index is -4.22. The summed E-state index contributed by atoms with van der Waals surface area (Å²) in [7, 11) is -4.22. The van der Waals surface area contributed by atoms with Crippen LogP contribution >= 0.6 is 23.2 Å². The van der Waals surface area contributed by atoms with E-state index in [2.05, 4.69) is 5.32 Å². The van der Waals surface area contributed by atoms with Crippen molar-refractivity contribution in [1.29, 1.82) is 0 Å². The molecule has 7 nitrogen and oxygen atoms in total. The normalized spacial score (nSPS) is 11.9. The summed E-state index contributed by atoms with van der Waals surface area (Å²) in [5.41, 5.74) is 3.43. The van der Waals surface area contributed by atoms with Gasteiger partial charge in [0.15, 0.2) is 0 Å². The molecule has 0 aromatic heterocycles. The molecule has 0 fully saturated rings. The number of benzene rings is 4. The predicted molar refractivity (Wildman–Crippen MR) is 177 cm³/mol. The molecular weight excluding hydrogens is 617 g/mol. The maximum Gasteiger partial charge on any atom is 0.264 e.